The lowest BCUT2D eigenvalue weighted by Gasteiger charge is -2.32. The fraction of sp³-hybridized carbons (Fsp3) is 0.562. The minimum Gasteiger partial charge on any atom is -0.399 e. The van der Waals surface area contributed by atoms with Crippen LogP contribution in [0.3, 0.4) is 0 Å². The molecular weight excluding hydrogens is 330 g/mol. The molecule has 0 heterocycles. The lowest BCUT2D eigenvalue weighted by atomic mass is 9.94. The van der Waals surface area contributed by atoms with Gasteiger partial charge < -0.3 is 11.1 Å². The Bertz CT molecular complexity index is 486. The monoisotopic (exact) mass is 353 g/mol. The third-order valence-corrected chi connectivity index (χ3v) is 4.77. The van der Waals surface area contributed by atoms with E-state index >= 15 is 0 Å². The first-order valence-corrected chi connectivity index (χ1v) is 8.48. The predicted octanol–water partition coefficient (Wildman–Crippen LogP) is 3.62. The number of nitrogens with two attached hydrogens (primary N) is 1. The van der Waals surface area contributed by atoms with E-state index in [1.807, 2.05) is 6.07 Å². The number of nitrogens with one attached hydrogen (secondary N) is 1. The van der Waals surface area contributed by atoms with Gasteiger partial charge in [0.15, 0.2) is 0 Å². The number of nitrogens with zero attached hydrogens (tertiary/aromatic N) is 1. The molecule has 0 aromatic heterocycles. The number of hydrogen-bond acceptors (Lipinski definition) is 3. The highest BCUT2D eigenvalue weighted by molar-refractivity contribution is 9.10. The molecule has 0 aliphatic heterocycles. The summed E-state index contributed by atoms with van der Waals surface area (Å²) in [5.41, 5.74) is 7.16. The Kier molecular flexibility index (Phi) is 6.06. The number of hydrogen-bond donors (Lipinski definition) is 2. The minimum atomic E-state index is 0.0351. The predicted molar refractivity (Wildman–Crippen MR) is 91.3 cm³/mol. The Morgan fingerprint density at radius 3 is 2.71 bits per heavy atom. The van der Waals surface area contributed by atoms with Crippen LogP contribution in [0, 0.1) is 0 Å². The van der Waals surface area contributed by atoms with E-state index in [4.69, 9.17) is 5.73 Å². The second-order valence-electron chi connectivity index (χ2n) is 5.64. The van der Waals surface area contributed by atoms with E-state index in [0.29, 0.717) is 18.3 Å². The molecule has 0 spiro atoms. The second kappa shape index (κ2) is 7.80. The van der Waals surface area contributed by atoms with E-state index in [0.717, 1.165) is 16.7 Å². The highest BCUT2D eigenvalue weighted by atomic mass is 79.9. The summed E-state index contributed by atoms with van der Waals surface area (Å²) in [7, 11) is 0. The first-order chi connectivity index (χ1) is 10.1. The first-order valence-electron chi connectivity index (χ1n) is 7.69. The van der Waals surface area contributed by atoms with Gasteiger partial charge in [0, 0.05) is 16.2 Å². The Morgan fingerprint density at radius 1 is 1.38 bits per heavy atom. The highest BCUT2D eigenvalue weighted by Gasteiger charge is 2.21. The molecule has 1 amide bonds. The van der Waals surface area contributed by atoms with Crippen LogP contribution >= 0.6 is 15.9 Å². The molecule has 1 aromatic rings. The number of carbonyl (C=O) groups is 1. The van der Waals surface area contributed by atoms with Gasteiger partial charge >= 0.3 is 0 Å². The third-order valence-electron chi connectivity index (χ3n) is 4.11. The van der Waals surface area contributed by atoms with Gasteiger partial charge in [-0.2, -0.15) is 0 Å². The van der Waals surface area contributed by atoms with Gasteiger partial charge in [0.25, 0.3) is 0 Å². The van der Waals surface area contributed by atoms with Crippen LogP contribution in [0.5, 0.6) is 0 Å². The minimum absolute atomic E-state index is 0.0351. The smallest absolute Gasteiger partial charge is 0.238 e. The van der Waals surface area contributed by atoms with Crippen LogP contribution < -0.4 is 11.1 Å². The van der Waals surface area contributed by atoms with Crippen molar-refractivity contribution in [2.24, 2.45) is 0 Å². The van der Waals surface area contributed by atoms with E-state index in [2.05, 4.69) is 33.1 Å². The summed E-state index contributed by atoms with van der Waals surface area (Å²) in [6, 6.07) is 5.98. The van der Waals surface area contributed by atoms with Crippen LogP contribution in [0.15, 0.2) is 22.7 Å². The molecule has 0 radical (unpaired) electrons. The van der Waals surface area contributed by atoms with Crippen LogP contribution in [0.25, 0.3) is 0 Å². The highest BCUT2D eigenvalue weighted by Crippen LogP contribution is 2.25. The zero-order valence-corrected chi connectivity index (χ0v) is 14.2. The van der Waals surface area contributed by atoms with Gasteiger partial charge in [-0.05, 0) is 53.5 Å². The molecular formula is C16H24BrN3O. The van der Waals surface area contributed by atoms with Crippen molar-refractivity contribution < 1.29 is 4.79 Å². The molecule has 0 unspecified atom stereocenters. The van der Waals surface area contributed by atoms with Crippen molar-refractivity contribution in [3.05, 3.63) is 22.7 Å². The average Bonchev–Trinajstić information content (AvgIpc) is 2.48. The maximum atomic E-state index is 12.3. The number of halogens is 1. The van der Waals surface area contributed by atoms with Crippen molar-refractivity contribution >= 4 is 33.2 Å². The summed E-state index contributed by atoms with van der Waals surface area (Å²) in [5, 5.41) is 2.96. The molecule has 1 fully saturated rings. The standard InChI is InChI=1S/C16H24BrN3O/c1-2-20(13-6-4-3-5-7-13)11-16(21)19-15-9-8-12(18)10-14(15)17/h8-10,13H,2-7,11,18H2,1H3,(H,19,21). The molecule has 3 N–H and O–H groups in total. The summed E-state index contributed by atoms with van der Waals surface area (Å²) in [6.45, 7) is 3.50. The Labute approximate surface area is 135 Å². The first kappa shape index (κ1) is 16.3. The van der Waals surface area contributed by atoms with E-state index in [1.54, 1.807) is 12.1 Å². The average molecular weight is 354 g/mol. The quantitative estimate of drug-likeness (QED) is 0.794. The fourth-order valence-electron chi connectivity index (χ4n) is 2.95. The Morgan fingerprint density at radius 2 is 2.10 bits per heavy atom. The fourth-order valence-corrected chi connectivity index (χ4v) is 3.45. The van der Waals surface area contributed by atoms with Crippen molar-refractivity contribution in [2.45, 2.75) is 45.1 Å². The third kappa shape index (κ3) is 4.71. The molecule has 1 saturated carbocycles. The molecule has 1 aliphatic carbocycles. The van der Waals surface area contributed by atoms with Crippen LogP contribution in [-0.4, -0.2) is 29.9 Å². The molecule has 5 heteroatoms. The van der Waals surface area contributed by atoms with Crippen LogP contribution in [0.4, 0.5) is 11.4 Å². The van der Waals surface area contributed by atoms with Crippen molar-refractivity contribution in [1.82, 2.24) is 4.90 Å². The number of rotatable bonds is 5. The van der Waals surface area contributed by atoms with Gasteiger partial charge in [-0.25, -0.2) is 0 Å². The van der Waals surface area contributed by atoms with Gasteiger partial charge in [0.1, 0.15) is 0 Å². The molecule has 0 bridgehead atoms. The normalized spacial score (nSPS) is 16.1. The molecule has 4 nitrogen and oxygen atoms in total. The molecule has 21 heavy (non-hydrogen) atoms. The number of likely N-dealkylation sites (N-methyl/N-ethyl adjacent to an activating group) is 1. The van der Waals surface area contributed by atoms with Crippen molar-refractivity contribution in [2.75, 3.05) is 24.1 Å². The molecule has 1 aromatic carbocycles. The van der Waals surface area contributed by atoms with Gasteiger partial charge in [-0.15, -0.1) is 0 Å². The number of anilines is 2. The summed E-state index contributed by atoms with van der Waals surface area (Å²) < 4.78 is 0.816. The van der Waals surface area contributed by atoms with E-state index in [9.17, 15) is 4.79 Å². The number of benzene rings is 1. The summed E-state index contributed by atoms with van der Waals surface area (Å²) in [5.74, 6) is 0.0351. The zero-order chi connectivity index (χ0) is 15.2. The lowest BCUT2D eigenvalue weighted by molar-refractivity contribution is -0.118. The van der Waals surface area contributed by atoms with Crippen molar-refractivity contribution in [1.29, 1.82) is 0 Å². The van der Waals surface area contributed by atoms with E-state index in [-0.39, 0.29) is 5.91 Å². The zero-order valence-electron chi connectivity index (χ0n) is 12.6. The van der Waals surface area contributed by atoms with Crippen molar-refractivity contribution in [3.63, 3.8) is 0 Å². The second-order valence-corrected chi connectivity index (χ2v) is 6.50. The van der Waals surface area contributed by atoms with Gasteiger partial charge in [-0.3, -0.25) is 9.69 Å². The summed E-state index contributed by atoms with van der Waals surface area (Å²) in [6.07, 6.45) is 6.33. The van der Waals surface area contributed by atoms with Crippen LogP contribution in [0.2, 0.25) is 0 Å². The van der Waals surface area contributed by atoms with Gasteiger partial charge in [-0.1, -0.05) is 26.2 Å². The van der Waals surface area contributed by atoms with Gasteiger partial charge in [0.2, 0.25) is 5.91 Å². The summed E-state index contributed by atoms with van der Waals surface area (Å²) >= 11 is 3.43. The molecule has 116 valence electrons. The molecule has 2 rings (SSSR count). The molecule has 0 atom stereocenters. The van der Waals surface area contributed by atoms with Crippen LogP contribution in [0.1, 0.15) is 39.0 Å². The maximum Gasteiger partial charge on any atom is 0.238 e. The largest absolute Gasteiger partial charge is 0.399 e. The summed E-state index contributed by atoms with van der Waals surface area (Å²) in [4.78, 5) is 14.5. The SMILES string of the molecule is CCN(CC(=O)Nc1ccc(N)cc1Br)C1CCCCC1. The van der Waals surface area contributed by atoms with Crippen molar-refractivity contribution in [3.8, 4) is 0 Å². The lowest BCUT2D eigenvalue weighted by Crippen LogP contribution is -2.41. The molecule has 0 saturated heterocycles. The Balaban J connectivity index is 1.92. The van der Waals surface area contributed by atoms with E-state index in [1.165, 1.54) is 32.1 Å². The van der Waals surface area contributed by atoms with E-state index < -0.39 is 0 Å². The van der Waals surface area contributed by atoms with Crippen LogP contribution in [-0.2, 0) is 4.79 Å². The number of amides is 1. The number of carbonyl (C=O) groups excluding carboxylic acids is 1. The molecule has 1 aliphatic rings. The maximum absolute atomic E-state index is 12.3. The topological polar surface area (TPSA) is 58.4 Å². The van der Waals surface area contributed by atoms with Gasteiger partial charge in [0.05, 0.1) is 12.2 Å². The Hall–Kier alpha value is -1.07. The number of nitrogen functional groups attached to an aromatic ring is 1.